The normalized spacial score (nSPS) is 11.6. The van der Waals surface area contributed by atoms with E-state index in [4.69, 9.17) is 23.2 Å². The molecule has 0 fully saturated rings. The maximum absolute atomic E-state index is 12.4. The van der Waals surface area contributed by atoms with Crippen molar-refractivity contribution in [2.45, 2.75) is 4.90 Å². The molecule has 6 nitrogen and oxygen atoms in total. The van der Waals surface area contributed by atoms with E-state index in [0.29, 0.717) is 5.56 Å². The molecular formula is C16H13Cl2N3O3S. The van der Waals surface area contributed by atoms with Crippen molar-refractivity contribution >= 4 is 50.0 Å². The Morgan fingerprint density at radius 1 is 1.08 bits per heavy atom. The summed E-state index contributed by atoms with van der Waals surface area (Å²) in [6.45, 7) is 0. The van der Waals surface area contributed by atoms with E-state index in [2.05, 4.69) is 10.3 Å². The summed E-state index contributed by atoms with van der Waals surface area (Å²) in [4.78, 5) is 14.3. The van der Waals surface area contributed by atoms with Gasteiger partial charge in [0.2, 0.25) is 0 Å². The van der Waals surface area contributed by atoms with Crippen molar-refractivity contribution < 1.29 is 13.2 Å². The summed E-state index contributed by atoms with van der Waals surface area (Å²) < 4.78 is 26.3. The maximum Gasteiger partial charge on any atom is 0.268 e. The second-order valence-electron chi connectivity index (χ2n) is 5.31. The third-order valence-electron chi connectivity index (χ3n) is 3.64. The van der Waals surface area contributed by atoms with Crippen molar-refractivity contribution in [2.75, 3.05) is 0 Å². The molecule has 25 heavy (non-hydrogen) atoms. The van der Waals surface area contributed by atoms with E-state index in [1.54, 1.807) is 29.9 Å². The lowest BCUT2D eigenvalue weighted by Crippen LogP contribution is -2.41. The van der Waals surface area contributed by atoms with E-state index in [9.17, 15) is 13.2 Å². The van der Waals surface area contributed by atoms with Gasteiger partial charge in [-0.2, -0.15) is 0 Å². The Morgan fingerprint density at radius 2 is 1.80 bits per heavy atom. The Bertz CT molecular complexity index is 1080. The highest BCUT2D eigenvalue weighted by molar-refractivity contribution is 7.89. The molecule has 0 atom stereocenters. The first-order valence-electron chi connectivity index (χ1n) is 7.11. The fourth-order valence-electron chi connectivity index (χ4n) is 2.41. The number of halogens is 2. The molecule has 2 aromatic carbocycles. The number of benzene rings is 2. The first-order valence-corrected chi connectivity index (χ1v) is 9.35. The summed E-state index contributed by atoms with van der Waals surface area (Å²) in [7, 11) is -2.18. The van der Waals surface area contributed by atoms with Gasteiger partial charge in [-0.25, -0.2) is 8.42 Å². The molecule has 0 bridgehead atoms. The van der Waals surface area contributed by atoms with E-state index in [1.807, 2.05) is 12.1 Å². The molecule has 1 amide bonds. The topological polar surface area (TPSA) is 80.2 Å². The molecule has 0 aliphatic heterocycles. The average molecular weight is 398 g/mol. The summed E-state index contributed by atoms with van der Waals surface area (Å²) in [5.74, 6) is -0.569. The van der Waals surface area contributed by atoms with Crippen molar-refractivity contribution in [3.8, 4) is 0 Å². The van der Waals surface area contributed by atoms with Crippen molar-refractivity contribution in [1.29, 1.82) is 0 Å². The van der Waals surface area contributed by atoms with E-state index in [-0.39, 0.29) is 14.9 Å². The fourth-order valence-corrected chi connectivity index (χ4v) is 3.63. The summed E-state index contributed by atoms with van der Waals surface area (Å²) >= 11 is 11.6. The van der Waals surface area contributed by atoms with E-state index in [0.717, 1.165) is 10.9 Å². The summed E-state index contributed by atoms with van der Waals surface area (Å²) in [5.41, 5.74) is 3.43. The zero-order valence-corrected chi connectivity index (χ0v) is 15.3. The van der Waals surface area contributed by atoms with Crippen LogP contribution in [0.4, 0.5) is 0 Å². The van der Waals surface area contributed by atoms with Crippen molar-refractivity contribution in [3.63, 3.8) is 0 Å². The second kappa shape index (κ2) is 6.68. The molecule has 0 saturated heterocycles. The largest absolute Gasteiger partial charge is 0.350 e. The number of nitrogens with one attached hydrogen (secondary N) is 2. The first kappa shape index (κ1) is 17.8. The lowest BCUT2D eigenvalue weighted by atomic mass is 10.2. The predicted octanol–water partition coefficient (Wildman–Crippen LogP) is 3.11. The number of hydrogen-bond acceptors (Lipinski definition) is 3. The van der Waals surface area contributed by atoms with Crippen LogP contribution in [0.15, 0.2) is 53.6 Å². The molecular weight excluding hydrogens is 385 g/mol. The Hall–Kier alpha value is -2.06. The second-order valence-corrected chi connectivity index (χ2v) is 7.80. The highest BCUT2D eigenvalue weighted by atomic mass is 35.5. The molecule has 3 rings (SSSR count). The minimum atomic E-state index is -3.98. The number of sulfonamides is 1. The minimum Gasteiger partial charge on any atom is -0.350 e. The molecule has 130 valence electrons. The zero-order valence-electron chi connectivity index (χ0n) is 13.0. The number of carbonyl (C=O) groups excluding carboxylic acids is 1. The van der Waals surface area contributed by atoms with Crippen molar-refractivity contribution in [2.24, 2.45) is 7.05 Å². The number of hydrazine groups is 1. The predicted molar refractivity (Wildman–Crippen MR) is 97.2 cm³/mol. The van der Waals surface area contributed by atoms with Crippen LogP contribution in [0.3, 0.4) is 0 Å². The van der Waals surface area contributed by atoms with Crippen LogP contribution in [0.25, 0.3) is 10.9 Å². The van der Waals surface area contributed by atoms with Gasteiger partial charge < -0.3 is 4.57 Å². The number of rotatable bonds is 4. The van der Waals surface area contributed by atoms with Crippen LogP contribution in [0.2, 0.25) is 10.0 Å². The maximum atomic E-state index is 12.4. The van der Waals surface area contributed by atoms with Gasteiger partial charge in [0.25, 0.3) is 15.9 Å². The Balaban J connectivity index is 1.82. The van der Waals surface area contributed by atoms with Gasteiger partial charge in [-0.15, -0.1) is 4.83 Å². The van der Waals surface area contributed by atoms with Crippen LogP contribution in [-0.4, -0.2) is 18.9 Å². The van der Waals surface area contributed by atoms with Crippen LogP contribution in [-0.2, 0) is 17.1 Å². The third-order valence-corrected chi connectivity index (χ3v) is 5.63. The van der Waals surface area contributed by atoms with Crippen LogP contribution >= 0.6 is 23.2 Å². The Labute approximate surface area is 154 Å². The molecule has 0 aliphatic carbocycles. The number of fused-ring (bicyclic) bond motifs is 1. The number of aromatic nitrogens is 1. The van der Waals surface area contributed by atoms with Gasteiger partial charge in [0, 0.05) is 24.1 Å². The summed E-state index contributed by atoms with van der Waals surface area (Å²) in [6, 6.07) is 11.2. The molecule has 1 heterocycles. The number of nitrogens with zero attached hydrogens (tertiary/aromatic N) is 1. The number of hydrogen-bond donors (Lipinski definition) is 2. The standard InChI is InChI=1S/C16H13Cl2N3O3S/c1-21-9-12(11-4-2-3-5-15(11)21)16(22)19-20-25(23,24)10-6-7-13(17)14(18)8-10/h2-9,20H,1H3,(H,19,22). The Kier molecular flexibility index (Phi) is 4.75. The first-order chi connectivity index (χ1) is 11.8. The molecule has 3 aromatic rings. The fraction of sp³-hybridized carbons (Fsp3) is 0.0625. The number of aryl methyl sites for hydroxylation is 1. The SMILES string of the molecule is Cn1cc(C(=O)NNS(=O)(=O)c2ccc(Cl)c(Cl)c2)c2ccccc21. The minimum absolute atomic E-state index is 0.102. The number of amides is 1. The zero-order chi connectivity index (χ0) is 18.2. The molecule has 0 saturated carbocycles. The molecule has 0 spiro atoms. The molecule has 9 heteroatoms. The monoisotopic (exact) mass is 397 g/mol. The van der Waals surface area contributed by atoms with Gasteiger partial charge in [-0.1, -0.05) is 41.4 Å². The lowest BCUT2D eigenvalue weighted by Gasteiger charge is -2.08. The van der Waals surface area contributed by atoms with E-state index >= 15 is 0 Å². The van der Waals surface area contributed by atoms with Crippen molar-refractivity contribution in [1.82, 2.24) is 14.8 Å². The average Bonchev–Trinajstić information content (AvgIpc) is 2.92. The third kappa shape index (κ3) is 3.50. The molecule has 1 aromatic heterocycles. The van der Waals surface area contributed by atoms with Crippen LogP contribution < -0.4 is 10.3 Å². The lowest BCUT2D eigenvalue weighted by molar-refractivity contribution is 0.0946. The van der Waals surface area contributed by atoms with E-state index in [1.165, 1.54) is 18.2 Å². The number of carbonyl (C=O) groups is 1. The molecule has 0 unspecified atom stereocenters. The molecule has 2 N–H and O–H groups in total. The van der Waals surface area contributed by atoms with Gasteiger partial charge in [0.1, 0.15) is 0 Å². The van der Waals surface area contributed by atoms with Crippen LogP contribution in [0.1, 0.15) is 10.4 Å². The van der Waals surface area contributed by atoms with Crippen molar-refractivity contribution in [3.05, 3.63) is 64.3 Å². The van der Waals surface area contributed by atoms with Gasteiger partial charge in [0.15, 0.2) is 0 Å². The Morgan fingerprint density at radius 3 is 2.52 bits per heavy atom. The quantitative estimate of drug-likeness (QED) is 0.663. The van der Waals surface area contributed by atoms with Crippen LogP contribution in [0, 0.1) is 0 Å². The molecule has 0 radical (unpaired) electrons. The number of para-hydroxylation sites is 1. The van der Waals surface area contributed by atoms with Gasteiger partial charge in [-0.3, -0.25) is 10.2 Å². The van der Waals surface area contributed by atoms with E-state index < -0.39 is 15.9 Å². The molecule has 0 aliphatic rings. The highest BCUT2D eigenvalue weighted by Crippen LogP contribution is 2.24. The van der Waals surface area contributed by atoms with Crippen LogP contribution in [0.5, 0.6) is 0 Å². The summed E-state index contributed by atoms with van der Waals surface area (Å²) in [6.07, 6.45) is 1.63. The summed E-state index contributed by atoms with van der Waals surface area (Å²) in [5, 5.41) is 1.06. The van der Waals surface area contributed by atoms with Gasteiger partial charge in [-0.05, 0) is 24.3 Å². The van der Waals surface area contributed by atoms with Gasteiger partial charge in [0.05, 0.1) is 20.5 Å². The smallest absolute Gasteiger partial charge is 0.268 e. The van der Waals surface area contributed by atoms with Gasteiger partial charge >= 0.3 is 0 Å². The highest BCUT2D eigenvalue weighted by Gasteiger charge is 2.19.